The zero-order valence-corrected chi connectivity index (χ0v) is 15.1. The summed E-state index contributed by atoms with van der Waals surface area (Å²) in [6.07, 6.45) is 4.56. The number of nitrogens with zero attached hydrogens (tertiary/aromatic N) is 2. The number of hydroxylamine groups is 1. The molecule has 1 fully saturated rings. The van der Waals surface area contributed by atoms with Crippen molar-refractivity contribution in [2.24, 2.45) is 5.41 Å². The molecule has 7 heteroatoms. The highest BCUT2D eigenvalue weighted by Gasteiger charge is 2.44. The third-order valence-corrected chi connectivity index (χ3v) is 5.59. The van der Waals surface area contributed by atoms with Gasteiger partial charge in [0.25, 0.3) is 5.91 Å². The normalized spacial score (nSPS) is 20.9. The van der Waals surface area contributed by atoms with E-state index < -0.39 is 5.91 Å². The number of methoxy groups -OCH3 is 1. The zero-order chi connectivity index (χ0) is 19.0. The summed E-state index contributed by atoms with van der Waals surface area (Å²) in [5.41, 5.74) is 2.55. The average molecular weight is 367 g/mol. The number of benzene rings is 1. The fourth-order valence-electron chi connectivity index (χ4n) is 4.00. The van der Waals surface area contributed by atoms with Crippen molar-refractivity contribution in [3.8, 4) is 5.88 Å². The monoisotopic (exact) mass is 367 g/mol. The Balaban J connectivity index is 1.57. The van der Waals surface area contributed by atoms with Crippen LogP contribution in [0.15, 0.2) is 36.5 Å². The van der Waals surface area contributed by atoms with Crippen LogP contribution in [0.3, 0.4) is 0 Å². The van der Waals surface area contributed by atoms with Crippen molar-refractivity contribution < 1.29 is 19.5 Å². The van der Waals surface area contributed by atoms with Crippen LogP contribution in [0, 0.1) is 5.41 Å². The molecule has 1 saturated heterocycles. The minimum absolute atomic E-state index is 0.140. The highest BCUT2D eigenvalue weighted by atomic mass is 16.5. The van der Waals surface area contributed by atoms with Gasteiger partial charge in [0.1, 0.15) is 0 Å². The smallest absolute Gasteiger partial charge is 0.281 e. The summed E-state index contributed by atoms with van der Waals surface area (Å²) in [7, 11) is 1.47. The van der Waals surface area contributed by atoms with Crippen LogP contribution in [0.5, 0.6) is 5.88 Å². The molecule has 1 aromatic heterocycles. The second-order valence-corrected chi connectivity index (χ2v) is 7.12. The van der Waals surface area contributed by atoms with Gasteiger partial charge < -0.3 is 10.1 Å². The maximum atomic E-state index is 12.7. The third-order valence-electron chi connectivity index (χ3n) is 5.59. The Labute approximate surface area is 156 Å². The van der Waals surface area contributed by atoms with Crippen LogP contribution in [0.2, 0.25) is 0 Å². The number of hydrogen-bond acceptors (Lipinski definition) is 5. The largest absolute Gasteiger partial charge is 0.481 e. The molecule has 1 spiro atoms. The first-order valence-electron chi connectivity index (χ1n) is 8.96. The van der Waals surface area contributed by atoms with Crippen molar-refractivity contribution >= 4 is 17.5 Å². The molecule has 1 aliphatic heterocycles. The summed E-state index contributed by atoms with van der Waals surface area (Å²) in [6.45, 7) is 0.736. The molecule has 0 saturated carbocycles. The number of carbonyl (C=O) groups excluding carboxylic acids is 2. The van der Waals surface area contributed by atoms with Crippen LogP contribution >= 0.6 is 0 Å². The van der Waals surface area contributed by atoms with Crippen LogP contribution in [0.4, 0.5) is 5.69 Å². The number of pyridine rings is 1. The van der Waals surface area contributed by atoms with E-state index in [9.17, 15) is 14.8 Å². The Morgan fingerprint density at radius 3 is 2.85 bits per heavy atom. The molecule has 2 heterocycles. The van der Waals surface area contributed by atoms with Gasteiger partial charge in [0.15, 0.2) is 0 Å². The van der Waals surface area contributed by atoms with E-state index in [0.29, 0.717) is 22.9 Å². The fourth-order valence-corrected chi connectivity index (χ4v) is 4.00. The predicted octanol–water partition coefficient (Wildman–Crippen LogP) is 2.12. The summed E-state index contributed by atoms with van der Waals surface area (Å²) < 4.78 is 5.03. The molecule has 0 radical (unpaired) electrons. The quantitative estimate of drug-likeness (QED) is 0.640. The lowest BCUT2D eigenvalue weighted by atomic mass is 9.70. The number of anilines is 1. The lowest BCUT2D eigenvalue weighted by Gasteiger charge is -2.32. The van der Waals surface area contributed by atoms with Gasteiger partial charge in [0, 0.05) is 24.4 Å². The Morgan fingerprint density at radius 2 is 2.11 bits per heavy atom. The van der Waals surface area contributed by atoms with E-state index in [1.54, 1.807) is 6.07 Å². The maximum absolute atomic E-state index is 12.7. The molecule has 7 nitrogen and oxygen atoms in total. The molecular weight excluding hydrogens is 346 g/mol. The lowest BCUT2D eigenvalue weighted by Crippen LogP contribution is -2.36. The Kier molecular flexibility index (Phi) is 4.31. The highest BCUT2D eigenvalue weighted by molar-refractivity contribution is 6.04. The molecule has 1 aromatic carbocycles. The van der Waals surface area contributed by atoms with Gasteiger partial charge in [-0.3, -0.25) is 14.8 Å². The number of aryl methyl sites for hydroxylation is 1. The summed E-state index contributed by atoms with van der Waals surface area (Å²) in [6, 6.07) is 8.43. The molecule has 2 N–H and O–H groups in total. The van der Waals surface area contributed by atoms with Gasteiger partial charge in [0.05, 0.1) is 18.2 Å². The number of nitrogens with one attached hydrogen (secondary N) is 1. The molecule has 2 amide bonds. The van der Waals surface area contributed by atoms with Crippen LogP contribution < -0.4 is 15.1 Å². The minimum atomic E-state index is -0.523. The molecule has 140 valence electrons. The Bertz CT molecular complexity index is 914. The van der Waals surface area contributed by atoms with Crippen molar-refractivity contribution in [3.05, 3.63) is 53.2 Å². The molecule has 2 aromatic rings. The summed E-state index contributed by atoms with van der Waals surface area (Å²) in [4.78, 5) is 28.9. The van der Waals surface area contributed by atoms with E-state index in [-0.39, 0.29) is 17.0 Å². The molecule has 0 unspecified atom stereocenters. The first-order chi connectivity index (χ1) is 13.0. The fraction of sp³-hybridized carbons (Fsp3) is 0.350. The van der Waals surface area contributed by atoms with Crippen LogP contribution in [-0.4, -0.2) is 35.7 Å². The Morgan fingerprint density at radius 1 is 1.26 bits per heavy atom. The molecule has 4 rings (SSSR count). The number of fused-ring (bicyclic) bond motifs is 1. The van der Waals surface area contributed by atoms with Crippen molar-refractivity contribution in [1.29, 1.82) is 0 Å². The van der Waals surface area contributed by atoms with Gasteiger partial charge in [-0.05, 0) is 55.0 Å². The molecular formula is C20H21N3O4. The summed E-state index contributed by atoms with van der Waals surface area (Å²) >= 11 is 0. The van der Waals surface area contributed by atoms with Crippen molar-refractivity contribution in [2.75, 3.05) is 18.7 Å². The van der Waals surface area contributed by atoms with Crippen molar-refractivity contribution in [3.63, 3.8) is 0 Å². The molecule has 2 aliphatic rings. The molecule has 27 heavy (non-hydrogen) atoms. The first kappa shape index (κ1) is 17.5. The second kappa shape index (κ2) is 6.66. The highest BCUT2D eigenvalue weighted by Crippen LogP contribution is 2.41. The third kappa shape index (κ3) is 3.04. The number of rotatable bonds is 3. The van der Waals surface area contributed by atoms with Crippen LogP contribution in [0.1, 0.15) is 34.3 Å². The predicted molar refractivity (Wildman–Crippen MR) is 97.9 cm³/mol. The number of ether oxygens (including phenoxy) is 1. The number of aromatic nitrogens is 1. The van der Waals surface area contributed by atoms with Gasteiger partial charge in [0.2, 0.25) is 11.8 Å². The summed E-state index contributed by atoms with van der Waals surface area (Å²) in [5, 5.41) is 13.8. The maximum Gasteiger partial charge on any atom is 0.281 e. The number of hydrogen-bond donors (Lipinski definition) is 2. The number of amides is 2. The SMILES string of the molecule is COc1cc(N(O)C(=O)c2ccc3c(c2)CC[C@@]2(CCNC2=O)C3)ccn1. The van der Waals surface area contributed by atoms with Crippen molar-refractivity contribution in [2.45, 2.75) is 25.7 Å². The number of carbonyl (C=O) groups is 2. The Hall–Kier alpha value is -2.93. The standard InChI is InChI=1S/C20H21N3O4/c1-27-17-11-16(5-8-21-17)23(26)18(24)14-2-3-15-12-20(6-4-13(15)10-14)7-9-22-19(20)25/h2-3,5,8,10-11,26H,4,6-7,9,12H2,1H3,(H,22,25)/t20-/m1/s1. The topological polar surface area (TPSA) is 91.8 Å². The lowest BCUT2D eigenvalue weighted by molar-refractivity contribution is -0.128. The minimum Gasteiger partial charge on any atom is -0.481 e. The average Bonchev–Trinajstić information content (AvgIpc) is 3.06. The van der Waals surface area contributed by atoms with Gasteiger partial charge >= 0.3 is 0 Å². The molecule has 1 atom stereocenters. The van der Waals surface area contributed by atoms with Gasteiger partial charge in [-0.2, -0.15) is 5.06 Å². The van der Waals surface area contributed by atoms with Crippen LogP contribution in [-0.2, 0) is 17.6 Å². The van der Waals surface area contributed by atoms with E-state index >= 15 is 0 Å². The molecule has 1 aliphatic carbocycles. The molecule has 0 bridgehead atoms. The van der Waals surface area contributed by atoms with E-state index in [2.05, 4.69) is 10.3 Å². The first-order valence-corrected chi connectivity index (χ1v) is 8.96. The van der Waals surface area contributed by atoms with E-state index in [0.717, 1.165) is 36.9 Å². The second-order valence-electron chi connectivity index (χ2n) is 7.12. The van der Waals surface area contributed by atoms with E-state index in [4.69, 9.17) is 4.74 Å². The van der Waals surface area contributed by atoms with Crippen molar-refractivity contribution in [1.82, 2.24) is 10.3 Å². The van der Waals surface area contributed by atoms with Gasteiger partial charge in [-0.1, -0.05) is 6.07 Å². The van der Waals surface area contributed by atoms with Gasteiger partial charge in [-0.15, -0.1) is 0 Å². The van der Waals surface area contributed by atoms with Crippen LogP contribution in [0.25, 0.3) is 0 Å². The zero-order valence-electron chi connectivity index (χ0n) is 15.1. The van der Waals surface area contributed by atoms with Gasteiger partial charge in [-0.25, -0.2) is 4.98 Å². The van der Waals surface area contributed by atoms with E-state index in [1.807, 2.05) is 12.1 Å². The summed E-state index contributed by atoms with van der Waals surface area (Å²) in [5.74, 6) is -0.0728. The van der Waals surface area contributed by atoms with E-state index in [1.165, 1.54) is 25.4 Å².